The SMILES string of the molecule is CC1(C)c2ccccc2-c2c3c(c4c(c21)c1ccccc1n4-c1ccc2nc(-c4ccccc4)nc(-c4ccccc4)c2c1)C(C)(C)c1ccccc1-3. The summed E-state index contributed by atoms with van der Waals surface area (Å²) in [6.07, 6.45) is 0. The van der Waals surface area contributed by atoms with Crippen molar-refractivity contribution in [3.05, 3.63) is 174 Å². The number of benzene rings is 7. The largest absolute Gasteiger partial charge is 0.309 e. The molecule has 2 aliphatic carbocycles. The molecule has 0 bridgehead atoms. The Morgan fingerprint density at radius 1 is 0.491 bits per heavy atom. The van der Waals surface area contributed by atoms with Gasteiger partial charge in [0.25, 0.3) is 0 Å². The summed E-state index contributed by atoms with van der Waals surface area (Å²) in [5, 5.41) is 3.68. The Hall–Kier alpha value is -6.32. The number of fused-ring (bicyclic) bond motifs is 13. The average Bonchev–Trinajstić information content (AvgIpc) is 3.75. The van der Waals surface area contributed by atoms with E-state index < -0.39 is 0 Å². The van der Waals surface area contributed by atoms with Crippen LogP contribution in [0, 0.1) is 0 Å². The monoisotopic (exact) mass is 679 g/mol. The van der Waals surface area contributed by atoms with Gasteiger partial charge in [-0.1, -0.05) is 155 Å². The van der Waals surface area contributed by atoms with Crippen LogP contribution in [0.3, 0.4) is 0 Å². The van der Waals surface area contributed by atoms with Crippen molar-refractivity contribution in [1.29, 1.82) is 0 Å². The van der Waals surface area contributed by atoms with E-state index in [9.17, 15) is 0 Å². The van der Waals surface area contributed by atoms with Crippen molar-refractivity contribution in [2.45, 2.75) is 38.5 Å². The highest BCUT2D eigenvalue weighted by Crippen LogP contribution is 2.63. The first-order valence-corrected chi connectivity index (χ1v) is 18.6. The lowest BCUT2D eigenvalue weighted by molar-refractivity contribution is 0.658. The smallest absolute Gasteiger partial charge is 0.160 e. The van der Waals surface area contributed by atoms with Gasteiger partial charge in [-0.3, -0.25) is 0 Å². The van der Waals surface area contributed by atoms with E-state index in [0.29, 0.717) is 0 Å². The molecule has 7 aromatic carbocycles. The molecule has 9 aromatic rings. The molecule has 3 nitrogen and oxygen atoms in total. The van der Waals surface area contributed by atoms with E-state index in [0.717, 1.165) is 39.2 Å². The molecule has 11 rings (SSSR count). The molecule has 0 amide bonds. The predicted molar refractivity (Wildman–Crippen MR) is 220 cm³/mol. The maximum absolute atomic E-state index is 5.27. The van der Waals surface area contributed by atoms with Crippen molar-refractivity contribution in [3.8, 4) is 50.6 Å². The van der Waals surface area contributed by atoms with Crippen molar-refractivity contribution < 1.29 is 0 Å². The van der Waals surface area contributed by atoms with Gasteiger partial charge in [-0.2, -0.15) is 0 Å². The second-order valence-corrected chi connectivity index (χ2v) is 15.7. The zero-order valence-electron chi connectivity index (χ0n) is 30.3. The summed E-state index contributed by atoms with van der Waals surface area (Å²) >= 11 is 0. The Labute approximate surface area is 309 Å². The number of hydrogen-bond donors (Lipinski definition) is 0. The first kappa shape index (κ1) is 30.3. The van der Waals surface area contributed by atoms with Crippen LogP contribution in [0.4, 0.5) is 0 Å². The molecule has 53 heavy (non-hydrogen) atoms. The van der Waals surface area contributed by atoms with Gasteiger partial charge in [-0.05, 0) is 68.8 Å². The number of hydrogen-bond acceptors (Lipinski definition) is 2. The lowest BCUT2D eigenvalue weighted by Crippen LogP contribution is -2.19. The van der Waals surface area contributed by atoms with E-state index in [4.69, 9.17) is 9.97 Å². The summed E-state index contributed by atoms with van der Waals surface area (Å²) in [7, 11) is 0. The van der Waals surface area contributed by atoms with Crippen molar-refractivity contribution >= 4 is 32.7 Å². The Bertz CT molecular complexity index is 2980. The van der Waals surface area contributed by atoms with Gasteiger partial charge in [-0.25, -0.2) is 9.97 Å². The minimum absolute atomic E-state index is 0.193. The molecule has 2 heterocycles. The lowest BCUT2D eigenvalue weighted by atomic mass is 9.76. The molecule has 0 spiro atoms. The first-order chi connectivity index (χ1) is 25.8. The third-order valence-corrected chi connectivity index (χ3v) is 12.1. The lowest BCUT2D eigenvalue weighted by Gasteiger charge is -2.27. The van der Waals surface area contributed by atoms with Crippen molar-refractivity contribution in [2.75, 3.05) is 0 Å². The van der Waals surface area contributed by atoms with Crippen LogP contribution in [0.15, 0.2) is 152 Å². The summed E-state index contributed by atoms with van der Waals surface area (Å²) in [6, 6.07) is 54.9. The van der Waals surface area contributed by atoms with E-state index in [1.807, 2.05) is 18.2 Å². The molecule has 0 saturated heterocycles. The van der Waals surface area contributed by atoms with Gasteiger partial charge < -0.3 is 4.57 Å². The van der Waals surface area contributed by atoms with E-state index in [2.05, 4.69) is 166 Å². The minimum atomic E-state index is -0.229. The molecule has 2 aliphatic rings. The zero-order valence-corrected chi connectivity index (χ0v) is 30.3. The molecule has 0 aliphatic heterocycles. The second-order valence-electron chi connectivity index (χ2n) is 15.7. The number of rotatable bonds is 3. The Morgan fingerprint density at radius 2 is 1.06 bits per heavy atom. The normalized spacial score (nSPS) is 14.7. The van der Waals surface area contributed by atoms with Crippen LogP contribution in [0.5, 0.6) is 0 Å². The molecular formula is C50H37N3. The van der Waals surface area contributed by atoms with Crippen LogP contribution < -0.4 is 0 Å². The fraction of sp³-hybridized carbons (Fsp3) is 0.120. The van der Waals surface area contributed by atoms with Crippen molar-refractivity contribution in [2.24, 2.45) is 0 Å². The third-order valence-electron chi connectivity index (χ3n) is 12.1. The van der Waals surface area contributed by atoms with Crippen molar-refractivity contribution in [3.63, 3.8) is 0 Å². The second kappa shape index (κ2) is 10.6. The fourth-order valence-electron chi connectivity index (χ4n) is 9.81. The fourth-order valence-corrected chi connectivity index (χ4v) is 9.81. The maximum atomic E-state index is 5.27. The number of nitrogens with zero attached hydrogens (tertiary/aromatic N) is 3. The standard InChI is InChI=1S/C50H37N3/c1-49(2)37-24-14-11-21-33(37)41-42-34-22-12-15-25-38(34)50(3,4)45(42)47-43(44(41)49)35-23-13-16-26-40(35)53(47)32-27-28-39-36(29-32)46(30-17-7-5-8-18-30)52-48(51-39)31-19-9-6-10-20-31/h5-29H,1-4H3. The summed E-state index contributed by atoms with van der Waals surface area (Å²) in [5.74, 6) is 0.733. The third kappa shape index (κ3) is 4.00. The molecule has 252 valence electrons. The summed E-state index contributed by atoms with van der Waals surface area (Å²) < 4.78 is 2.55. The minimum Gasteiger partial charge on any atom is -0.309 e. The molecule has 0 unspecified atom stereocenters. The van der Waals surface area contributed by atoms with Crippen LogP contribution in [-0.4, -0.2) is 14.5 Å². The van der Waals surface area contributed by atoms with Crippen LogP contribution in [-0.2, 0) is 10.8 Å². The summed E-state index contributed by atoms with van der Waals surface area (Å²) in [4.78, 5) is 10.4. The number of aromatic nitrogens is 3. The highest BCUT2D eigenvalue weighted by atomic mass is 15.0. The highest BCUT2D eigenvalue weighted by molar-refractivity contribution is 6.20. The van der Waals surface area contributed by atoms with Gasteiger partial charge in [-0.15, -0.1) is 0 Å². The Balaban J connectivity index is 1.30. The quantitative estimate of drug-likeness (QED) is 0.186. The summed E-state index contributed by atoms with van der Waals surface area (Å²) in [6.45, 7) is 9.69. The van der Waals surface area contributed by atoms with Gasteiger partial charge >= 0.3 is 0 Å². The van der Waals surface area contributed by atoms with Gasteiger partial charge in [0.2, 0.25) is 0 Å². The van der Waals surface area contributed by atoms with Crippen LogP contribution in [0.1, 0.15) is 49.9 Å². The first-order valence-electron chi connectivity index (χ1n) is 18.6. The van der Waals surface area contributed by atoms with E-state index >= 15 is 0 Å². The average molecular weight is 680 g/mol. The molecule has 0 atom stereocenters. The predicted octanol–water partition coefficient (Wildman–Crippen LogP) is 12.7. The molecular weight excluding hydrogens is 643 g/mol. The molecule has 0 N–H and O–H groups in total. The van der Waals surface area contributed by atoms with Gasteiger partial charge in [0, 0.05) is 43.8 Å². The van der Waals surface area contributed by atoms with Gasteiger partial charge in [0.15, 0.2) is 5.82 Å². The molecule has 2 aromatic heterocycles. The molecule has 0 fully saturated rings. The van der Waals surface area contributed by atoms with E-state index in [1.165, 1.54) is 66.3 Å². The maximum Gasteiger partial charge on any atom is 0.160 e. The summed E-state index contributed by atoms with van der Waals surface area (Å²) in [5.41, 5.74) is 18.2. The number of para-hydroxylation sites is 1. The zero-order chi connectivity index (χ0) is 35.6. The van der Waals surface area contributed by atoms with E-state index in [-0.39, 0.29) is 10.8 Å². The van der Waals surface area contributed by atoms with Gasteiger partial charge in [0.1, 0.15) is 0 Å². The highest BCUT2D eigenvalue weighted by Gasteiger charge is 2.47. The topological polar surface area (TPSA) is 30.7 Å². The molecule has 0 radical (unpaired) electrons. The Morgan fingerprint density at radius 3 is 1.75 bits per heavy atom. The van der Waals surface area contributed by atoms with Gasteiger partial charge in [0.05, 0.1) is 22.2 Å². The van der Waals surface area contributed by atoms with Crippen molar-refractivity contribution in [1.82, 2.24) is 14.5 Å². The van der Waals surface area contributed by atoms with Crippen LogP contribution in [0.25, 0.3) is 83.3 Å². The van der Waals surface area contributed by atoms with E-state index in [1.54, 1.807) is 0 Å². The Kier molecular flexibility index (Phi) is 6.07. The molecule has 3 heteroatoms. The van der Waals surface area contributed by atoms with Crippen LogP contribution in [0.2, 0.25) is 0 Å². The molecule has 0 saturated carbocycles. The van der Waals surface area contributed by atoms with Crippen LogP contribution >= 0.6 is 0 Å².